The Morgan fingerprint density at radius 3 is 1.64 bits per heavy atom. The van der Waals surface area contributed by atoms with Gasteiger partial charge in [0.25, 0.3) is 0 Å². The predicted molar refractivity (Wildman–Crippen MR) is 118 cm³/mol. The van der Waals surface area contributed by atoms with Crippen LogP contribution in [0.1, 0.15) is 6.42 Å². The summed E-state index contributed by atoms with van der Waals surface area (Å²) in [7, 11) is -1.01. The Labute approximate surface area is 195 Å². The first-order valence-electron chi connectivity index (χ1n) is 9.12. The van der Waals surface area contributed by atoms with E-state index in [9.17, 15) is 0 Å². The fraction of sp³-hybridized carbons (Fsp3) is 0.261. The van der Waals surface area contributed by atoms with E-state index < -0.39 is 8.07 Å². The molecule has 3 aromatic rings. The van der Waals surface area contributed by atoms with Gasteiger partial charge in [-0.05, 0) is 0 Å². The molecule has 0 aromatic heterocycles. The number of hydrogen-bond acceptors (Lipinski definition) is 0. The van der Waals surface area contributed by atoms with Crippen molar-refractivity contribution in [3.05, 3.63) is 78.0 Å². The number of rotatable bonds is 1. The largest absolute Gasteiger partial charge is 1.00 e. The Morgan fingerprint density at radius 2 is 1.32 bits per heavy atom. The van der Waals surface area contributed by atoms with Crippen LogP contribution in [0.4, 0.5) is 0 Å². The van der Waals surface area contributed by atoms with Crippen LogP contribution in [0, 0.1) is 6.08 Å². The first kappa shape index (κ1) is 27.5. The predicted octanol–water partition coefficient (Wildman–Crippen LogP) is 1.06. The molecule has 0 unspecified atom stereocenters. The van der Waals surface area contributed by atoms with E-state index in [2.05, 4.69) is 125 Å². The van der Waals surface area contributed by atoms with Crippen LogP contribution in [0.5, 0.6) is 0 Å². The third-order valence-corrected chi connectivity index (χ3v) is 5.99. The Morgan fingerprint density at radius 1 is 0.893 bits per heavy atom. The average molecular weight is 479 g/mol. The van der Waals surface area contributed by atoms with Gasteiger partial charge in [-0.2, -0.15) is 6.08 Å². The van der Waals surface area contributed by atoms with Gasteiger partial charge in [-0.1, -0.05) is 56.0 Å². The van der Waals surface area contributed by atoms with Crippen LogP contribution in [-0.4, -0.2) is 14.3 Å². The summed E-state index contributed by atoms with van der Waals surface area (Å²) >= 11 is 2.27. The molecule has 0 N–H and O–H groups in total. The second-order valence-corrected chi connectivity index (χ2v) is 19.5. The van der Waals surface area contributed by atoms with Gasteiger partial charge in [0.15, 0.2) is 0 Å². The van der Waals surface area contributed by atoms with E-state index in [-0.39, 0.29) is 31.0 Å². The zero-order chi connectivity index (χ0) is 19.2. The summed E-state index contributed by atoms with van der Waals surface area (Å²) in [5.74, 6) is 0. The molecule has 0 heterocycles. The normalized spacial score (nSPS) is 12.0. The van der Waals surface area contributed by atoms with Crippen molar-refractivity contribution >= 4 is 35.8 Å². The summed E-state index contributed by atoms with van der Waals surface area (Å²) in [5, 5.41) is 6.88. The average Bonchev–Trinajstić information content (AvgIpc) is 3.22. The van der Waals surface area contributed by atoms with Gasteiger partial charge in [0.05, 0.1) is 0 Å². The maximum Gasteiger partial charge on any atom is -0.0771 e. The van der Waals surface area contributed by atoms with Crippen LogP contribution < -0.4 is 24.8 Å². The molecule has 0 amide bonds. The van der Waals surface area contributed by atoms with Gasteiger partial charge in [0, 0.05) is 8.07 Å². The van der Waals surface area contributed by atoms with Gasteiger partial charge in [-0.3, -0.25) is 6.08 Å². The molecule has 0 saturated carbocycles. The van der Waals surface area contributed by atoms with Gasteiger partial charge in [-0.15, -0.1) is 46.2 Å². The zero-order valence-corrected chi connectivity index (χ0v) is 22.4. The molecule has 0 spiro atoms. The van der Waals surface area contributed by atoms with E-state index in [1.807, 2.05) is 0 Å². The molecule has 28 heavy (non-hydrogen) atoms. The van der Waals surface area contributed by atoms with E-state index in [1.54, 1.807) is 0 Å². The summed E-state index contributed by atoms with van der Waals surface area (Å²) in [4.78, 5) is 0. The van der Waals surface area contributed by atoms with Crippen molar-refractivity contribution in [1.29, 1.82) is 0 Å². The van der Waals surface area contributed by atoms with Crippen molar-refractivity contribution in [2.24, 2.45) is 0 Å². The molecule has 0 fully saturated rings. The van der Waals surface area contributed by atoms with Gasteiger partial charge in [-0.25, -0.2) is 11.3 Å². The SMILES string of the molecule is C[Si](C)(C)C1=[C-]CC=C1.C[Si](C)=[Ti+2].[Cl-].[Cl-].c1ccc2c(c1)[cH-]c1ccccc12. The van der Waals surface area contributed by atoms with Crippen LogP contribution in [0.25, 0.3) is 21.5 Å². The molecule has 0 saturated heterocycles. The third kappa shape index (κ3) is 8.49. The van der Waals surface area contributed by atoms with E-state index in [4.69, 9.17) is 0 Å². The summed E-state index contributed by atoms with van der Waals surface area (Å²) < 4.78 is 0. The van der Waals surface area contributed by atoms with Crippen molar-refractivity contribution in [2.45, 2.75) is 39.2 Å². The van der Waals surface area contributed by atoms with E-state index in [0.29, 0.717) is 0 Å². The van der Waals surface area contributed by atoms with Gasteiger partial charge in [0.2, 0.25) is 0 Å². The molecule has 148 valence electrons. The van der Waals surface area contributed by atoms with Crippen molar-refractivity contribution in [3.63, 3.8) is 0 Å². The number of fused-ring (bicyclic) bond motifs is 3. The van der Waals surface area contributed by atoms with Crippen molar-refractivity contribution in [1.82, 2.24) is 0 Å². The van der Waals surface area contributed by atoms with E-state index in [1.165, 1.54) is 26.7 Å². The minimum atomic E-state index is -1.01. The number of benzene rings is 2. The standard InChI is InChI=1S/C13H9.C8H13Si.C2H6Si.2ClH.Ti/c1-3-7-12-10(5-1)9-11-6-2-4-8-13(11)12;1-9(2,3)8-6-4-5-7-8;1-3-2;;;/h1-9H;4,6H,5H2,1-3H3;1-2H3;2*1H;/q2*-1;;;;+2/p-2. The molecule has 4 rings (SSSR count). The Balaban J connectivity index is 0.000000432. The van der Waals surface area contributed by atoms with Crippen LogP contribution >= 0.6 is 0 Å². The van der Waals surface area contributed by atoms with Crippen LogP contribution in [0.2, 0.25) is 32.7 Å². The summed E-state index contributed by atoms with van der Waals surface area (Å²) in [5.41, 5.74) is 0. The third-order valence-electron chi connectivity index (χ3n) is 4.03. The van der Waals surface area contributed by atoms with E-state index in [0.717, 1.165) is 6.42 Å². The van der Waals surface area contributed by atoms with Crippen LogP contribution in [0.3, 0.4) is 0 Å². The number of hydrogen-bond donors (Lipinski definition) is 0. The smallest absolute Gasteiger partial charge is 0.0771 e. The second kappa shape index (κ2) is 12.9. The van der Waals surface area contributed by atoms with Crippen molar-refractivity contribution < 1.29 is 44.0 Å². The molecular formula is C23H28Cl2Si2Ti-2. The molecule has 0 nitrogen and oxygen atoms in total. The van der Waals surface area contributed by atoms with Gasteiger partial charge >= 0.3 is 38.5 Å². The monoisotopic (exact) mass is 478 g/mol. The number of allylic oxidation sites excluding steroid dienone is 4. The maximum absolute atomic E-state index is 3.36. The van der Waals surface area contributed by atoms with Crippen LogP contribution in [0.15, 0.2) is 71.9 Å². The molecule has 5 heteroatoms. The Hall–Kier alpha value is -0.482. The first-order valence-corrected chi connectivity index (χ1v) is 17.5. The molecule has 0 aliphatic heterocycles. The molecule has 3 aromatic carbocycles. The molecule has 0 radical (unpaired) electrons. The van der Waals surface area contributed by atoms with Crippen molar-refractivity contribution in [3.8, 4) is 0 Å². The maximum atomic E-state index is 3.36. The minimum Gasteiger partial charge on any atom is -1.00 e. The number of halogens is 2. The van der Waals surface area contributed by atoms with E-state index >= 15 is 0 Å². The summed E-state index contributed by atoms with van der Waals surface area (Å²) in [6.07, 6.45) is 8.94. The van der Waals surface area contributed by atoms with Crippen LogP contribution in [-0.2, 0) is 19.2 Å². The fourth-order valence-electron chi connectivity index (χ4n) is 2.82. The fourth-order valence-corrected chi connectivity index (χ4v) is 4.07. The van der Waals surface area contributed by atoms with Gasteiger partial charge in [0.1, 0.15) is 0 Å². The Kier molecular flexibility index (Phi) is 12.7. The summed E-state index contributed by atoms with van der Waals surface area (Å²) in [6, 6.07) is 19.3. The van der Waals surface area contributed by atoms with Gasteiger partial charge < -0.3 is 24.8 Å². The molecular weight excluding hydrogens is 451 g/mol. The molecule has 1 aliphatic rings. The van der Waals surface area contributed by atoms with Crippen molar-refractivity contribution in [2.75, 3.05) is 0 Å². The molecule has 1 aliphatic carbocycles. The quantitative estimate of drug-likeness (QED) is 0.362. The zero-order valence-electron chi connectivity index (χ0n) is 17.3. The first-order chi connectivity index (χ1) is 12.3. The Bertz CT molecular complexity index is 896. The topological polar surface area (TPSA) is 0 Å². The summed E-state index contributed by atoms with van der Waals surface area (Å²) in [6.45, 7) is 11.6. The molecule has 0 bridgehead atoms. The molecule has 0 atom stereocenters. The minimum absolute atomic E-state index is 0. The second-order valence-electron chi connectivity index (χ2n) is 7.77.